The molecule has 1 saturated carbocycles. The molecule has 0 aromatic carbocycles. The second kappa shape index (κ2) is 9.40. The Hall–Kier alpha value is -1.31. The van der Waals surface area contributed by atoms with Crippen molar-refractivity contribution < 1.29 is 9.90 Å². The predicted octanol–water partition coefficient (Wildman–Crippen LogP) is 2.25. The number of hydrogen-bond acceptors (Lipinski definition) is 4. The molecule has 0 radical (unpaired) electrons. The van der Waals surface area contributed by atoms with Crippen molar-refractivity contribution in [3.63, 3.8) is 0 Å². The van der Waals surface area contributed by atoms with Crippen molar-refractivity contribution in [2.75, 3.05) is 27.7 Å². The Labute approximate surface area is 158 Å². The van der Waals surface area contributed by atoms with E-state index < -0.39 is 6.10 Å². The molecule has 6 nitrogen and oxygen atoms in total. The highest BCUT2D eigenvalue weighted by Crippen LogP contribution is 2.27. The van der Waals surface area contributed by atoms with E-state index in [0.717, 1.165) is 30.6 Å². The fraction of sp³-hybridized carbons (Fsp3) is 0.647. The van der Waals surface area contributed by atoms with E-state index in [1.54, 1.807) is 32.1 Å². The van der Waals surface area contributed by atoms with Gasteiger partial charge in [0, 0.05) is 44.5 Å². The highest BCUT2D eigenvalue weighted by Gasteiger charge is 2.28. The first-order chi connectivity index (χ1) is 11.9. The Morgan fingerprint density at radius 1 is 1.48 bits per heavy atom. The van der Waals surface area contributed by atoms with Crippen LogP contribution in [0.1, 0.15) is 36.7 Å². The Morgan fingerprint density at radius 2 is 2.24 bits per heavy atom. The van der Waals surface area contributed by atoms with Gasteiger partial charge in [-0.2, -0.15) is 0 Å². The van der Waals surface area contributed by atoms with Crippen molar-refractivity contribution in [2.45, 2.75) is 37.8 Å². The van der Waals surface area contributed by atoms with Gasteiger partial charge >= 0.3 is 0 Å². The lowest BCUT2D eigenvalue weighted by molar-refractivity contribution is -0.134. The van der Waals surface area contributed by atoms with E-state index in [-0.39, 0.29) is 17.9 Å². The van der Waals surface area contributed by atoms with Gasteiger partial charge in [-0.05, 0) is 31.4 Å². The standard InChI is InChI=1S/C17H27ClN4O2S/c1-19-17(20-10-13(23)14-7-8-15(18)25-14)21-12-6-4-5-11(9-12)16(24)22(2)3/h7-8,11-13,23H,4-6,9-10H2,1-3H3,(H2,19,20,21). The van der Waals surface area contributed by atoms with Crippen LogP contribution in [-0.2, 0) is 4.79 Å². The number of nitrogens with zero attached hydrogens (tertiary/aromatic N) is 2. The van der Waals surface area contributed by atoms with Gasteiger partial charge < -0.3 is 20.6 Å². The van der Waals surface area contributed by atoms with Crippen LogP contribution >= 0.6 is 22.9 Å². The van der Waals surface area contributed by atoms with E-state index in [1.165, 1.54) is 11.3 Å². The summed E-state index contributed by atoms with van der Waals surface area (Å²) in [7, 11) is 5.31. The second-order valence-corrected chi connectivity index (χ2v) is 8.29. The zero-order valence-corrected chi connectivity index (χ0v) is 16.5. The molecule has 1 amide bonds. The SMILES string of the molecule is CN=C(NCC(O)c1ccc(Cl)s1)NC1CCCC(C(=O)N(C)C)C1. The first-order valence-electron chi connectivity index (χ1n) is 8.52. The number of guanidine groups is 1. The Bertz CT molecular complexity index is 605. The van der Waals surface area contributed by atoms with Gasteiger partial charge in [0.15, 0.2) is 5.96 Å². The van der Waals surface area contributed by atoms with Gasteiger partial charge in [0.1, 0.15) is 6.10 Å². The highest BCUT2D eigenvalue weighted by atomic mass is 35.5. The van der Waals surface area contributed by atoms with Gasteiger partial charge in [0.05, 0.1) is 4.34 Å². The molecule has 0 bridgehead atoms. The smallest absolute Gasteiger partial charge is 0.225 e. The summed E-state index contributed by atoms with van der Waals surface area (Å²) in [5.74, 6) is 0.905. The zero-order valence-electron chi connectivity index (χ0n) is 15.0. The summed E-state index contributed by atoms with van der Waals surface area (Å²) in [5, 5.41) is 16.7. The third-order valence-corrected chi connectivity index (χ3v) is 5.75. The number of amides is 1. The largest absolute Gasteiger partial charge is 0.386 e. The van der Waals surface area contributed by atoms with E-state index in [2.05, 4.69) is 15.6 Å². The molecule has 0 saturated heterocycles. The van der Waals surface area contributed by atoms with Gasteiger partial charge in [0.25, 0.3) is 0 Å². The third kappa shape index (κ3) is 5.87. The van der Waals surface area contributed by atoms with Crippen LogP contribution in [0.2, 0.25) is 4.34 Å². The monoisotopic (exact) mass is 386 g/mol. The van der Waals surface area contributed by atoms with Crippen LogP contribution in [-0.4, -0.2) is 55.6 Å². The van der Waals surface area contributed by atoms with E-state index in [1.807, 2.05) is 6.07 Å². The van der Waals surface area contributed by atoms with Crippen LogP contribution in [0, 0.1) is 5.92 Å². The number of rotatable bonds is 5. The Balaban J connectivity index is 1.84. The predicted molar refractivity (Wildman–Crippen MR) is 103 cm³/mol. The summed E-state index contributed by atoms with van der Waals surface area (Å²) >= 11 is 7.27. The van der Waals surface area contributed by atoms with Crippen molar-refractivity contribution in [1.82, 2.24) is 15.5 Å². The van der Waals surface area contributed by atoms with Gasteiger partial charge in [-0.25, -0.2) is 0 Å². The summed E-state index contributed by atoms with van der Waals surface area (Å²) in [4.78, 5) is 18.9. The number of carbonyl (C=O) groups excluding carboxylic acids is 1. The topological polar surface area (TPSA) is 77.0 Å². The van der Waals surface area contributed by atoms with Gasteiger partial charge in [-0.15, -0.1) is 11.3 Å². The minimum atomic E-state index is -0.634. The van der Waals surface area contributed by atoms with Crippen LogP contribution in [0.3, 0.4) is 0 Å². The maximum Gasteiger partial charge on any atom is 0.225 e. The van der Waals surface area contributed by atoms with Crippen LogP contribution in [0.15, 0.2) is 17.1 Å². The van der Waals surface area contributed by atoms with Crippen LogP contribution in [0.25, 0.3) is 0 Å². The molecule has 2 rings (SSSR count). The number of aliphatic hydroxyl groups excluding tert-OH is 1. The molecular weight excluding hydrogens is 360 g/mol. The highest BCUT2D eigenvalue weighted by molar-refractivity contribution is 7.16. The first-order valence-corrected chi connectivity index (χ1v) is 9.71. The van der Waals surface area contributed by atoms with Crippen molar-refractivity contribution in [1.29, 1.82) is 0 Å². The lowest BCUT2D eigenvalue weighted by Gasteiger charge is -2.31. The molecule has 3 unspecified atom stereocenters. The fourth-order valence-electron chi connectivity index (χ4n) is 3.10. The summed E-state index contributed by atoms with van der Waals surface area (Å²) in [6, 6.07) is 3.82. The number of carbonyl (C=O) groups is 1. The molecular formula is C17H27ClN4O2S. The molecule has 0 spiro atoms. The molecule has 3 N–H and O–H groups in total. The first kappa shape index (κ1) is 20.0. The zero-order chi connectivity index (χ0) is 18.4. The van der Waals surface area contributed by atoms with Crippen molar-refractivity contribution in [3.8, 4) is 0 Å². The van der Waals surface area contributed by atoms with Crippen molar-refractivity contribution in [3.05, 3.63) is 21.3 Å². The summed E-state index contributed by atoms with van der Waals surface area (Å²) in [5.41, 5.74) is 0. The van der Waals surface area contributed by atoms with Gasteiger partial charge in [0.2, 0.25) is 5.91 Å². The Kier molecular flexibility index (Phi) is 7.53. The lowest BCUT2D eigenvalue weighted by atomic mass is 9.85. The van der Waals surface area contributed by atoms with Gasteiger partial charge in [-0.3, -0.25) is 9.79 Å². The minimum Gasteiger partial charge on any atom is -0.386 e. The molecule has 8 heteroatoms. The van der Waals surface area contributed by atoms with Crippen LogP contribution in [0.4, 0.5) is 0 Å². The maximum absolute atomic E-state index is 12.2. The molecule has 1 heterocycles. The average molecular weight is 387 g/mol. The number of thiophene rings is 1. The van der Waals surface area contributed by atoms with E-state index in [9.17, 15) is 9.90 Å². The number of nitrogens with one attached hydrogen (secondary N) is 2. The molecule has 3 atom stereocenters. The summed E-state index contributed by atoms with van der Waals surface area (Å²) in [6.07, 6.45) is 3.15. The van der Waals surface area contributed by atoms with E-state index in [4.69, 9.17) is 11.6 Å². The van der Waals surface area contributed by atoms with Crippen molar-refractivity contribution >= 4 is 34.8 Å². The quantitative estimate of drug-likeness (QED) is 0.535. The fourth-order valence-corrected chi connectivity index (χ4v) is 4.15. The number of aliphatic imine (C=N–C) groups is 1. The van der Waals surface area contributed by atoms with E-state index >= 15 is 0 Å². The number of halogens is 1. The van der Waals surface area contributed by atoms with Crippen LogP contribution < -0.4 is 10.6 Å². The minimum absolute atomic E-state index is 0.0678. The third-order valence-electron chi connectivity index (χ3n) is 4.41. The number of aliphatic hydroxyl groups is 1. The molecule has 0 aliphatic heterocycles. The van der Waals surface area contributed by atoms with Gasteiger partial charge in [-0.1, -0.05) is 18.0 Å². The maximum atomic E-state index is 12.2. The molecule has 1 aliphatic carbocycles. The normalized spacial score (nSPS) is 22.4. The molecule has 1 fully saturated rings. The van der Waals surface area contributed by atoms with Crippen LogP contribution in [0.5, 0.6) is 0 Å². The Morgan fingerprint density at radius 3 is 2.84 bits per heavy atom. The molecule has 1 aromatic rings. The average Bonchev–Trinajstić information content (AvgIpc) is 3.04. The molecule has 25 heavy (non-hydrogen) atoms. The molecule has 1 aliphatic rings. The summed E-state index contributed by atoms with van der Waals surface area (Å²) in [6.45, 7) is 0.350. The van der Waals surface area contributed by atoms with E-state index in [0.29, 0.717) is 16.8 Å². The summed E-state index contributed by atoms with van der Waals surface area (Å²) < 4.78 is 0.662. The lowest BCUT2D eigenvalue weighted by Crippen LogP contribution is -2.47. The molecule has 140 valence electrons. The number of hydrogen-bond donors (Lipinski definition) is 3. The molecule has 1 aromatic heterocycles. The van der Waals surface area contributed by atoms with Crippen molar-refractivity contribution in [2.24, 2.45) is 10.9 Å². The second-order valence-electron chi connectivity index (χ2n) is 6.55.